The van der Waals surface area contributed by atoms with Crippen molar-refractivity contribution in [3.8, 4) is 11.5 Å². The lowest BCUT2D eigenvalue weighted by Crippen LogP contribution is -2.49. The summed E-state index contributed by atoms with van der Waals surface area (Å²) in [7, 11) is 5.20. The van der Waals surface area contributed by atoms with E-state index in [1.807, 2.05) is 31.3 Å². The normalized spacial score (nSPS) is 14.8. The second-order valence-corrected chi connectivity index (χ2v) is 7.62. The van der Waals surface area contributed by atoms with E-state index in [0.717, 1.165) is 74.3 Å². The Hall–Kier alpha value is -3.09. The van der Waals surface area contributed by atoms with E-state index in [2.05, 4.69) is 50.1 Å². The second-order valence-electron chi connectivity index (χ2n) is 7.62. The standard InChI is InChI=1S/C24H35N5O2/c1-25-24(27-13-7-12-26-19-8-5-4-6-9-19)28-20-10-14-29(15-11-20)21-16-22(30-2)18-23(17-21)31-3/h4-6,8-9,16-18,20,26H,7,10-15H2,1-3H3,(H2,25,27,28). The Labute approximate surface area is 185 Å². The van der Waals surface area contributed by atoms with Crippen LogP contribution in [0.2, 0.25) is 0 Å². The van der Waals surface area contributed by atoms with Gasteiger partial charge in [0.05, 0.1) is 14.2 Å². The van der Waals surface area contributed by atoms with Gasteiger partial charge in [-0.1, -0.05) is 18.2 Å². The Morgan fingerprint density at radius 3 is 2.29 bits per heavy atom. The molecule has 1 heterocycles. The zero-order valence-electron chi connectivity index (χ0n) is 18.9. The molecular formula is C24H35N5O2. The molecular weight excluding hydrogens is 390 g/mol. The predicted octanol–water partition coefficient (Wildman–Crippen LogP) is 3.34. The maximum atomic E-state index is 5.41. The molecule has 7 heteroatoms. The highest BCUT2D eigenvalue weighted by Gasteiger charge is 2.21. The van der Waals surface area contributed by atoms with Crippen molar-refractivity contribution in [2.75, 3.05) is 57.7 Å². The lowest BCUT2D eigenvalue weighted by atomic mass is 10.0. The van der Waals surface area contributed by atoms with Gasteiger partial charge < -0.3 is 30.3 Å². The smallest absolute Gasteiger partial charge is 0.191 e. The monoisotopic (exact) mass is 425 g/mol. The Morgan fingerprint density at radius 1 is 1.00 bits per heavy atom. The van der Waals surface area contributed by atoms with Crippen LogP contribution in [-0.4, -0.2) is 59.4 Å². The lowest BCUT2D eigenvalue weighted by Gasteiger charge is -2.34. The molecule has 3 N–H and O–H groups in total. The van der Waals surface area contributed by atoms with E-state index in [1.165, 1.54) is 0 Å². The van der Waals surface area contributed by atoms with Crippen LogP contribution in [0.1, 0.15) is 19.3 Å². The van der Waals surface area contributed by atoms with Gasteiger partial charge in [0.2, 0.25) is 0 Å². The molecule has 0 saturated carbocycles. The van der Waals surface area contributed by atoms with Gasteiger partial charge in [0.15, 0.2) is 5.96 Å². The number of hydrogen-bond donors (Lipinski definition) is 3. The predicted molar refractivity (Wildman–Crippen MR) is 129 cm³/mol. The van der Waals surface area contributed by atoms with Gasteiger partial charge in [-0.3, -0.25) is 4.99 Å². The number of methoxy groups -OCH3 is 2. The van der Waals surface area contributed by atoms with Gasteiger partial charge >= 0.3 is 0 Å². The summed E-state index contributed by atoms with van der Waals surface area (Å²) in [4.78, 5) is 6.77. The van der Waals surface area contributed by atoms with Crippen molar-refractivity contribution in [1.82, 2.24) is 10.6 Å². The molecule has 0 spiro atoms. The number of piperidine rings is 1. The molecule has 0 unspecified atom stereocenters. The maximum absolute atomic E-state index is 5.41. The van der Waals surface area contributed by atoms with E-state index in [0.29, 0.717) is 6.04 Å². The third-order valence-corrected chi connectivity index (χ3v) is 5.51. The van der Waals surface area contributed by atoms with Crippen LogP contribution < -0.4 is 30.3 Å². The summed E-state index contributed by atoms with van der Waals surface area (Å²) in [5.41, 5.74) is 2.30. The summed E-state index contributed by atoms with van der Waals surface area (Å²) in [5, 5.41) is 10.4. The van der Waals surface area contributed by atoms with E-state index >= 15 is 0 Å². The van der Waals surface area contributed by atoms with Crippen LogP contribution in [0.15, 0.2) is 53.5 Å². The molecule has 0 amide bonds. The highest BCUT2D eigenvalue weighted by molar-refractivity contribution is 5.80. The maximum Gasteiger partial charge on any atom is 0.191 e. The van der Waals surface area contributed by atoms with Crippen LogP contribution in [0.25, 0.3) is 0 Å². The average Bonchev–Trinajstić information content (AvgIpc) is 2.83. The third kappa shape index (κ3) is 6.98. The number of aliphatic imine (C=N–C) groups is 1. The van der Waals surface area contributed by atoms with Crippen molar-refractivity contribution in [2.45, 2.75) is 25.3 Å². The molecule has 0 radical (unpaired) electrons. The Balaban J connectivity index is 1.39. The van der Waals surface area contributed by atoms with Gasteiger partial charge in [-0.05, 0) is 31.4 Å². The fourth-order valence-electron chi connectivity index (χ4n) is 3.73. The molecule has 2 aromatic carbocycles. The number of anilines is 2. The highest BCUT2D eigenvalue weighted by Crippen LogP contribution is 2.30. The van der Waals surface area contributed by atoms with Crippen LogP contribution in [0.5, 0.6) is 11.5 Å². The van der Waals surface area contributed by atoms with Crippen LogP contribution in [-0.2, 0) is 0 Å². The number of para-hydroxylation sites is 1. The van der Waals surface area contributed by atoms with E-state index in [1.54, 1.807) is 14.2 Å². The number of hydrogen-bond acceptors (Lipinski definition) is 5. The molecule has 1 saturated heterocycles. The molecule has 168 valence electrons. The van der Waals surface area contributed by atoms with Crippen molar-refractivity contribution in [3.63, 3.8) is 0 Å². The summed E-state index contributed by atoms with van der Waals surface area (Å²) < 4.78 is 10.8. The summed E-state index contributed by atoms with van der Waals surface area (Å²) in [6.45, 7) is 3.76. The molecule has 0 bridgehead atoms. The first-order chi connectivity index (χ1) is 15.2. The number of nitrogens with one attached hydrogen (secondary N) is 3. The molecule has 1 aliphatic rings. The molecule has 31 heavy (non-hydrogen) atoms. The fourth-order valence-corrected chi connectivity index (χ4v) is 3.73. The fraction of sp³-hybridized carbons (Fsp3) is 0.458. The van der Waals surface area contributed by atoms with Crippen molar-refractivity contribution in [3.05, 3.63) is 48.5 Å². The lowest BCUT2D eigenvalue weighted by molar-refractivity contribution is 0.393. The molecule has 1 aliphatic heterocycles. The van der Waals surface area contributed by atoms with E-state index < -0.39 is 0 Å². The first kappa shape index (κ1) is 22.6. The van der Waals surface area contributed by atoms with Crippen LogP contribution >= 0.6 is 0 Å². The molecule has 0 aliphatic carbocycles. The van der Waals surface area contributed by atoms with Gasteiger partial charge in [-0.25, -0.2) is 0 Å². The Kier molecular flexibility index (Phi) is 8.70. The highest BCUT2D eigenvalue weighted by atomic mass is 16.5. The van der Waals surface area contributed by atoms with Crippen molar-refractivity contribution < 1.29 is 9.47 Å². The first-order valence-electron chi connectivity index (χ1n) is 11.0. The zero-order valence-corrected chi connectivity index (χ0v) is 18.9. The molecule has 3 rings (SSSR count). The van der Waals surface area contributed by atoms with E-state index in [4.69, 9.17) is 9.47 Å². The molecule has 1 fully saturated rings. The van der Waals surface area contributed by atoms with Crippen molar-refractivity contribution in [2.24, 2.45) is 4.99 Å². The number of ether oxygens (including phenoxy) is 2. The largest absolute Gasteiger partial charge is 0.497 e. The van der Waals surface area contributed by atoms with E-state index in [9.17, 15) is 0 Å². The summed E-state index contributed by atoms with van der Waals surface area (Å²) in [6.07, 6.45) is 3.12. The third-order valence-electron chi connectivity index (χ3n) is 5.51. The van der Waals surface area contributed by atoms with E-state index in [-0.39, 0.29) is 0 Å². The van der Waals surface area contributed by atoms with Gasteiger partial charge in [-0.15, -0.1) is 0 Å². The average molecular weight is 426 g/mol. The van der Waals surface area contributed by atoms with Crippen LogP contribution in [0, 0.1) is 0 Å². The minimum atomic E-state index is 0.414. The van der Waals surface area contributed by atoms with Gasteiger partial charge in [0, 0.05) is 68.8 Å². The molecule has 7 nitrogen and oxygen atoms in total. The van der Waals surface area contributed by atoms with Crippen LogP contribution in [0.4, 0.5) is 11.4 Å². The van der Waals surface area contributed by atoms with Gasteiger partial charge in [0.1, 0.15) is 11.5 Å². The molecule has 0 atom stereocenters. The van der Waals surface area contributed by atoms with Crippen LogP contribution in [0.3, 0.4) is 0 Å². The number of guanidine groups is 1. The first-order valence-corrected chi connectivity index (χ1v) is 11.0. The number of benzene rings is 2. The zero-order chi connectivity index (χ0) is 21.9. The van der Waals surface area contributed by atoms with Gasteiger partial charge in [0.25, 0.3) is 0 Å². The summed E-state index contributed by atoms with van der Waals surface area (Å²) in [5.74, 6) is 2.52. The van der Waals surface area contributed by atoms with Crippen molar-refractivity contribution in [1.29, 1.82) is 0 Å². The number of rotatable bonds is 9. The second kappa shape index (κ2) is 11.9. The SMILES string of the molecule is CN=C(NCCCNc1ccccc1)NC1CCN(c2cc(OC)cc(OC)c2)CC1. The Morgan fingerprint density at radius 2 is 1.68 bits per heavy atom. The Bertz CT molecular complexity index is 798. The quantitative estimate of drug-likeness (QED) is 0.325. The molecule has 0 aromatic heterocycles. The summed E-state index contributed by atoms with van der Waals surface area (Å²) >= 11 is 0. The number of nitrogens with zero attached hydrogens (tertiary/aromatic N) is 2. The van der Waals surface area contributed by atoms with Gasteiger partial charge in [-0.2, -0.15) is 0 Å². The minimum absolute atomic E-state index is 0.414. The summed E-state index contributed by atoms with van der Waals surface area (Å²) in [6, 6.07) is 16.7. The topological polar surface area (TPSA) is 70.2 Å². The van der Waals surface area contributed by atoms with Crippen molar-refractivity contribution >= 4 is 17.3 Å². The minimum Gasteiger partial charge on any atom is -0.497 e. The molecule has 2 aromatic rings.